The Bertz CT molecular complexity index is 536. The van der Waals surface area contributed by atoms with Gasteiger partial charge in [0, 0.05) is 15.0 Å². The lowest BCUT2D eigenvalue weighted by Gasteiger charge is -2.03. The largest absolute Gasteiger partial charge is 0.321 e. The van der Waals surface area contributed by atoms with E-state index in [2.05, 4.69) is 28.2 Å². The maximum absolute atomic E-state index is 11.9. The number of nitrogens with one attached hydrogen (secondary N) is 1. The van der Waals surface area contributed by atoms with Gasteiger partial charge in [-0.25, -0.2) is 0 Å². The summed E-state index contributed by atoms with van der Waals surface area (Å²) < 4.78 is 0.954. The number of hydrogen-bond donors (Lipinski definition) is 1. The Balaban J connectivity index is 2.11. The standard InChI is InChI=1S/C13H12BrNOS/c1-2-11-6-7-12(17-11)13(16)15-10-5-3-4-9(14)8-10/h3-8H,2H2,1H3,(H,15,16). The summed E-state index contributed by atoms with van der Waals surface area (Å²) in [6.07, 6.45) is 0.967. The highest BCUT2D eigenvalue weighted by atomic mass is 79.9. The number of anilines is 1. The van der Waals surface area contributed by atoms with Crippen LogP contribution in [0.3, 0.4) is 0 Å². The van der Waals surface area contributed by atoms with Crippen LogP contribution >= 0.6 is 27.3 Å². The Kier molecular flexibility index (Phi) is 3.97. The van der Waals surface area contributed by atoms with Crippen LogP contribution in [0.5, 0.6) is 0 Å². The first-order chi connectivity index (χ1) is 8.19. The van der Waals surface area contributed by atoms with Gasteiger partial charge in [-0.1, -0.05) is 28.9 Å². The number of rotatable bonds is 3. The quantitative estimate of drug-likeness (QED) is 0.898. The van der Waals surface area contributed by atoms with Crippen LogP contribution in [0.2, 0.25) is 0 Å². The van der Waals surface area contributed by atoms with E-state index < -0.39 is 0 Å². The van der Waals surface area contributed by atoms with Gasteiger partial charge in [-0.15, -0.1) is 11.3 Å². The zero-order chi connectivity index (χ0) is 12.3. The van der Waals surface area contributed by atoms with Crippen molar-refractivity contribution in [2.24, 2.45) is 0 Å². The number of carbonyl (C=O) groups is 1. The fourth-order valence-electron chi connectivity index (χ4n) is 1.45. The summed E-state index contributed by atoms with van der Waals surface area (Å²) in [6.45, 7) is 2.09. The molecule has 0 fully saturated rings. The molecule has 0 saturated carbocycles. The van der Waals surface area contributed by atoms with E-state index in [0.29, 0.717) is 0 Å². The second kappa shape index (κ2) is 5.47. The molecule has 88 valence electrons. The molecule has 2 nitrogen and oxygen atoms in total. The average molecular weight is 310 g/mol. The van der Waals surface area contributed by atoms with Crippen molar-refractivity contribution >= 4 is 38.9 Å². The van der Waals surface area contributed by atoms with Crippen molar-refractivity contribution < 1.29 is 4.79 Å². The van der Waals surface area contributed by atoms with Gasteiger partial charge in [-0.05, 0) is 36.8 Å². The number of aryl methyl sites for hydroxylation is 1. The molecular formula is C13H12BrNOS. The minimum atomic E-state index is -0.0483. The van der Waals surface area contributed by atoms with Crippen LogP contribution in [0.4, 0.5) is 5.69 Å². The molecule has 2 aromatic rings. The highest BCUT2D eigenvalue weighted by Crippen LogP contribution is 2.20. The van der Waals surface area contributed by atoms with Crippen molar-refractivity contribution in [2.75, 3.05) is 5.32 Å². The van der Waals surface area contributed by atoms with Gasteiger partial charge < -0.3 is 5.32 Å². The molecule has 0 aliphatic carbocycles. The van der Waals surface area contributed by atoms with Gasteiger partial charge in [0.25, 0.3) is 5.91 Å². The second-order valence-corrected chi connectivity index (χ2v) is 5.67. The van der Waals surface area contributed by atoms with Crippen molar-refractivity contribution in [2.45, 2.75) is 13.3 Å². The third-order valence-corrected chi connectivity index (χ3v) is 4.04. The monoisotopic (exact) mass is 309 g/mol. The first-order valence-electron chi connectivity index (χ1n) is 5.34. The molecule has 4 heteroatoms. The molecule has 0 unspecified atom stereocenters. The van der Waals surface area contributed by atoms with Crippen LogP contribution in [0.15, 0.2) is 40.9 Å². The smallest absolute Gasteiger partial charge is 0.265 e. The average Bonchev–Trinajstić information content (AvgIpc) is 2.77. The minimum absolute atomic E-state index is 0.0483. The molecule has 0 saturated heterocycles. The normalized spacial score (nSPS) is 10.2. The molecule has 1 amide bonds. The second-order valence-electron chi connectivity index (χ2n) is 3.58. The molecule has 17 heavy (non-hydrogen) atoms. The molecule has 2 rings (SSSR count). The zero-order valence-corrected chi connectivity index (χ0v) is 11.8. The molecule has 1 heterocycles. The van der Waals surface area contributed by atoms with Gasteiger partial charge in [0.2, 0.25) is 0 Å². The van der Waals surface area contributed by atoms with Crippen molar-refractivity contribution in [3.8, 4) is 0 Å². The fraction of sp³-hybridized carbons (Fsp3) is 0.154. The molecule has 0 spiro atoms. The van der Waals surface area contributed by atoms with Gasteiger partial charge in [0.1, 0.15) is 0 Å². The van der Waals surface area contributed by atoms with E-state index in [9.17, 15) is 4.79 Å². The van der Waals surface area contributed by atoms with Crippen molar-refractivity contribution in [1.29, 1.82) is 0 Å². The van der Waals surface area contributed by atoms with Crippen LogP contribution < -0.4 is 5.32 Å². The zero-order valence-electron chi connectivity index (χ0n) is 9.37. The maximum atomic E-state index is 11.9. The number of hydrogen-bond acceptors (Lipinski definition) is 2. The van der Waals surface area contributed by atoms with Crippen LogP contribution in [0.1, 0.15) is 21.5 Å². The van der Waals surface area contributed by atoms with E-state index in [1.54, 1.807) is 11.3 Å². The molecule has 0 radical (unpaired) electrons. The van der Waals surface area contributed by atoms with Crippen LogP contribution in [0.25, 0.3) is 0 Å². The molecule has 0 aliphatic heterocycles. The highest BCUT2D eigenvalue weighted by molar-refractivity contribution is 9.10. The number of halogens is 1. The van der Waals surface area contributed by atoms with Crippen molar-refractivity contribution in [3.05, 3.63) is 50.6 Å². The van der Waals surface area contributed by atoms with E-state index >= 15 is 0 Å². The third kappa shape index (κ3) is 3.17. The summed E-state index contributed by atoms with van der Waals surface area (Å²) in [7, 11) is 0. The number of thiophene rings is 1. The molecular weight excluding hydrogens is 298 g/mol. The van der Waals surface area contributed by atoms with E-state index in [4.69, 9.17) is 0 Å². The lowest BCUT2D eigenvalue weighted by molar-refractivity contribution is 0.103. The summed E-state index contributed by atoms with van der Waals surface area (Å²) in [6, 6.07) is 11.4. The summed E-state index contributed by atoms with van der Waals surface area (Å²) in [5.41, 5.74) is 0.802. The molecule has 1 aromatic heterocycles. The molecule has 0 atom stereocenters. The topological polar surface area (TPSA) is 29.1 Å². The molecule has 1 N–H and O–H groups in total. The Morgan fingerprint density at radius 3 is 2.82 bits per heavy atom. The predicted octanol–water partition coefficient (Wildman–Crippen LogP) is 4.33. The Morgan fingerprint density at radius 2 is 2.18 bits per heavy atom. The summed E-state index contributed by atoms with van der Waals surface area (Å²) in [5.74, 6) is -0.0483. The lowest BCUT2D eigenvalue weighted by atomic mass is 10.3. The third-order valence-electron chi connectivity index (χ3n) is 2.32. The first kappa shape index (κ1) is 12.3. The maximum Gasteiger partial charge on any atom is 0.265 e. The van der Waals surface area contributed by atoms with Crippen LogP contribution in [0, 0.1) is 0 Å². The minimum Gasteiger partial charge on any atom is -0.321 e. The van der Waals surface area contributed by atoms with E-state index in [1.807, 2.05) is 36.4 Å². The van der Waals surface area contributed by atoms with Gasteiger partial charge in [0.15, 0.2) is 0 Å². The van der Waals surface area contributed by atoms with E-state index in [-0.39, 0.29) is 5.91 Å². The number of amides is 1. The predicted molar refractivity (Wildman–Crippen MR) is 75.8 cm³/mol. The SMILES string of the molecule is CCc1ccc(C(=O)Nc2cccc(Br)c2)s1. The Hall–Kier alpha value is -1.13. The Morgan fingerprint density at radius 1 is 1.35 bits per heavy atom. The van der Waals surface area contributed by atoms with Crippen molar-refractivity contribution in [1.82, 2.24) is 0 Å². The molecule has 1 aromatic carbocycles. The van der Waals surface area contributed by atoms with Crippen LogP contribution in [-0.4, -0.2) is 5.91 Å². The fourth-order valence-corrected chi connectivity index (χ4v) is 2.69. The molecule has 0 bridgehead atoms. The number of carbonyl (C=O) groups excluding carboxylic acids is 1. The van der Waals surface area contributed by atoms with Gasteiger partial charge in [-0.3, -0.25) is 4.79 Å². The van der Waals surface area contributed by atoms with Gasteiger partial charge in [0.05, 0.1) is 4.88 Å². The summed E-state index contributed by atoms with van der Waals surface area (Å²) in [5, 5.41) is 2.88. The number of benzene rings is 1. The summed E-state index contributed by atoms with van der Waals surface area (Å²) >= 11 is 4.92. The highest BCUT2D eigenvalue weighted by Gasteiger charge is 2.08. The molecule has 0 aliphatic rings. The van der Waals surface area contributed by atoms with Crippen LogP contribution in [-0.2, 0) is 6.42 Å². The van der Waals surface area contributed by atoms with Crippen molar-refractivity contribution in [3.63, 3.8) is 0 Å². The van der Waals surface area contributed by atoms with Gasteiger partial charge in [-0.2, -0.15) is 0 Å². The lowest BCUT2D eigenvalue weighted by Crippen LogP contribution is -2.09. The van der Waals surface area contributed by atoms with E-state index in [1.165, 1.54) is 4.88 Å². The first-order valence-corrected chi connectivity index (χ1v) is 6.95. The van der Waals surface area contributed by atoms with Gasteiger partial charge >= 0.3 is 0 Å². The Labute approximate surface area is 113 Å². The van der Waals surface area contributed by atoms with E-state index in [0.717, 1.165) is 21.5 Å². The summed E-state index contributed by atoms with van der Waals surface area (Å²) in [4.78, 5) is 13.9.